The Kier molecular flexibility index (Phi) is 5.33. The summed E-state index contributed by atoms with van der Waals surface area (Å²) in [5.41, 5.74) is 5.59. The Morgan fingerprint density at radius 1 is 1.06 bits per heavy atom. The first-order valence-electron chi connectivity index (χ1n) is 10.5. The summed E-state index contributed by atoms with van der Waals surface area (Å²) in [5, 5.41) is 19.8. The van der Waals surface area contributed by atoms with E-state index in [2.05, 4.69) is 5.43 Å². The molecule has 3 aromatic rings. The molecule has 2 aliphatic heterocycles. The molecule has 1 aromatic heterocycles. The lowest BCUT2D eigenvalue weighted by molar-refractivity contribution is -0.117. The molecule has 168 valence electrons. The Morgan fingerprint density at radius 3 is 2.61 bits per heavy atom. The van der Waals surface area contributed by atoms with Crippen LogP contribution >= 0.6 is 11.8 Å². The van der Waals surface area contributed by atoms with E-state index < -0.39 is 28.9 Å². The molecule has 9 heteroatoms. The molecule has 0 aliphatic carbocycles. The minimum Gasteiger partial charge on any atom is -0.502 e. The van der Waals surface area contributed by atoms with Gasteiger partial charge in [-0.2, -0.15) is 0 Å². The number of hydrogen-bond acceptors (Lipinski definition) is 6. The van der Waals surface area contributed by atoms with Crippen LogP contribution in [0.1, 0.15) is 46.1 Å². The van der Waals surface area contributed by atoms with Gasteiger partial charge in [0.2, 0.25) is 11.3 Å². The molecular weight excluding hydrogens is 442 g/mol. The number of thioether (sulfide) groups is 1. The van der Waals surface area contributed by atoms with E-state index in [4.69, 9.17) is 0 Å². The standard InChI is InChI=1S/C24H21N3O5S/c28-18-10-12-27(22(23(18)30)24(31)32)25-21-14-6-3-7-17(26-11-4-9-20(26)29)16(14)13-33-19-8-2-1-5-15(19)21/h1-3,5-8,10,12,21,25,30H,4,9,11,13H2,(H,31,32). The van der Waals surface area contributed by atoms with Crippen molar-refractivity contribution in [3.05, 3.63) is 87.3 Å². The van der Waals surface area contributed by atoms with Gasteiger partial charge in [-0.1, -0.05) is 30.3 Å². The first kappa shape index (κ1) is 21.1. The highest BCUT2D eigenvalue weighted by atomic mass is 32.2. The third-order valence-corrected chi connectivity index (χ3v) is 7.12. The minimum absolute atomic E-state index is 0.0955. The smallest absolute Gasteiger partial charge is 0.358 e. The Balaban J connectivity index is 1.69. The van der Waals surface area contributed by atoms with E-state index in [0.717, 1.165) is 39.8 Å². The van der Waals surface area contributed by atoms with Gasteiger partial charge in [-0.05, 0) is 35.2 Å². The molecular formula is C24H21N3O5S. The molecule has 8 nitrogen and oxygen atoms in total. The van der Waals surface area contributed by atoms with Crippen LogP contribution in [0.2, 0.25) is 0 Å². The fourth-order valence-electron chi connectivity index (χ4n) is 4.46. The van der Waals surface area contributed by atoms with Crippen molar-refractivity contribution in [3.63, 3.8) is 0 Å². The number of aromatic hydroxyl groups is 1. The molecule has 2 aromatic carbocycles. The van der Waals surface area contributed by atoms with Crippen molar-refractivity contribution < 1.29 is 19.8 Å². The number of hydrogen-bond donors (Lipinski definition) is 3. The zero-order valence-corrected chi connectivity index (χ0v) is 18.3. The van der Waals surface area contributed by atoms with Crippen LogP contribution in [-0.4, -0.2) is 33.3 Å². The number of carbonyl (C=O) groups excluding carboxylic acids is 1. The Hall–Kier alpha value is -3.72. The summed E-state index contributed by atoms with van der Waals surface area (Å²) in [4.78, 5) is 39.1. The predicted molar refractivity (Wildman–Crippen MR) is 125 cm³/mol. The second kappa shape index (κ2) is 8.32. The number of anilines is 1. The summed E-state index contributed by atoms with van der Waals surface area (Å²) in [6.07, 6.45) is 2.65. The number of carbonyl (C=O) groups is 2. The Labute approximate surface area is 193 Å². The number of fused-ring (bicyclic) bond motifs is 2. The molecule has 5 rings (SSSR count). The first-order chi connectivity index (χ1) is 16.0. The van der Waals surface area contributed by atoms with Crippen LogP contribution in [0.3, 0.4) is 0 Å². The van der Waals surface area contributed by atoms with Gasteiger partial charge in [0.15, 0.2) is 11.4 Å². The average Bonchev–Trinajstić information content (AvgIpc) is 3.16. The number of benzene rings is 2. The molecule has 0 bridgehead atoms. The fraction of sp³-hybridized carbons (Fsp3) is 0.208. The molecule has 2 aliphatic rings. The van der Waals surface area contributed by atoms with Gasteiger partial charge < -0.3 is 20.5 Å². The second-order valence-corrected chi connectivity index (χ2v) is 8.95. The van der Waals surface area contributed by atoms with Crippen molar-refractivity contribution in [1.29, 1.82) is 0 Å². The van der Waals surface area contributed by atoms with Gasteiger partial charge in [-0.25, -0.2) is 4.79 Å². The van der Waals surface area contributed by atoms with Crippen molar-refractivity contribution in [1.82, 2.24) is 4.68 Å². The van der Waals surface area contributed by atoms with Crippen LogP contribution in [0.5, 0.6) is 5.75 Å². The molecule has 0 saturated carbocycles. The van der Waals surface area contributed by atoms with Gasteiger partial charge >= 0.3 is 5.97 Å². The topological polar surface area (TPSA) is 112 Å². The van der Waals surface area contributed by atoms with Crippen molar-refractivity contribution in [2.45, 2.75) is 29.5 Å². The number of aromatic carboxylic acids is 1. The number of aromatic nitrogens is 1. The minimum atomic E-state index is -1.43. The predicted octanol–water partition coefficient (Wildman–Crippen LogP) is 3.32. The molecule has 1 saturated heterocycles. The second-order valence-electron chi connectivity index (χ2n) is 7.93. The Bertz CT molecular complexity index is 1340. The fourth-order valence-corrected chi connectivity index (χ4v) is 5.60. The Morgan fingerprint density at radius 2 is 1.85 bits per heavy atom. The average molecular weight is 464 g/mol. The zero-order chi connectivity index (χ0) is 23.1. The van der Waals surface area contributed by atoms with E-state index in [1.807, 2.05) is 47.4 Å². The van der Waals surface area contributed by atoms with Gasteiger partial charge in [0.25, 0.3) is 0 Å². The van der Waals surface area contributed by atoms with E-state index in [1.165, 1.54) is 10.9 Å². The van der Waals surface area contributed by atoms with E-state index >= 15 is 0 Å². The van der Waals surface area contributed by atoms with Crippen LogP contribution in [-0.2, 0) is 10.5 Å². The number of amides is 1. The molecule has 1 fully saturated rings. The molecule has 0 radical (unpaired) electrons. The van der Waals surface area contributed by atoms with Crippen molar-refractivity contribution >= 4 is 29.3 Å². The van der Waals surface area contributed by atoms with E-state index in [9.17, 15) is 24.6 Å². The highest BCUT2D eigenvalue weighted by molar-refractivity contribution is 7.98. The van der Waals surface area contributed by atoms with Crippen LogP contribution in [0.25, 0.3) is 0 Å². The molecule has 33 heavy (non-hydrogen) atoms. The number of nitrogens with one attached hydrogen (secondary N) is 1. The molecule has 1 unspecified atom stereocenters. The quantitative estimate of drug-likeness (QED) is 0.544. The maximum Gasteiger partial charge on any atom is 0.358 e. The van der Waals surface area contributed by atoms with Crippen molar-refractivity contribution in [2.24, 2.45) is 0 Å². The maximum atomic E-state index is 12.5. The molecule has 1 amide bonds. The third kappa shape index (κ3) is 3.64. The third-order valence-electron chi connectivity index (χ3n) is 6.01. The summed E-state index contributed by atoms with van der Waals surface area (Å²) < 4.78 is 1.17. The van der Waals surface area contributed by atoms with Crippen LogP contribution in [0.15, 0.2) is 64.4 Å². The first-order valence-corrected chi connectivity index (χ1v) is 11.5. The zero-order valence-electron chi connectivity index (χ0n) is 17.5. The van der Waals surface area contributed by atoms with Gasteiger partial charge in [0, 0.05) is 41.6 Å². The van der Waals surface area contributed by atoms with Gasteiger partial charge in [0.1, 0.15) is 0 Å². The van der Waals surface area contributed by atoms with Crippen LogP contribution in [0, 0.1) is 0 Å². The summed E-state index contributed by atoms with van der Waals surface area (Å²) >= 11 is 1.65. The highest BCUT2D eigenvalue weighted by Gasteiger charge is 2.31. The van der Waals surface area contributed by atoms with Crippen LogP contribution in [0.4, 0.5) is 5.69 Å². The van der Waals surface area contributed by atoms with Gasteiger partial charge in [0.05, 0.1) is 6.04 Å². The van der Waals surface area contributed by atoms with Gasteiger partial charge in [-0.3, -0.25) is 14.3 Å². The van der Waals surface area contributed by atoms with E-state index in [1.54, 1.807) is 11.8 Å². The van der Waals surface area contributed by atoms with E-state index in [0.29, 0.717) is 18.7 Å². The van der Waals surface area contributed by atoms with Crippen molar-refractivity contribution in [3.8, 4) is 5.75 Å². The lowest BCUT2D eigenvalue weighted by Gasteiger charge is -2.27. The highest BCUT2D eigenvalue weighted by Crippen LogP contribution is 2.43. The summed E-state index contributed by atoms with van der Waals surface area (Å²) in [6.45, 7) is 0.668. The number of rotatable bonds is 4. The number of nitrogens with zero attached hydrogens (tertiary/aromatic N) is 2. The SMILES string of the molecule is O=C(O)c1c(O)c(=O)ccn1NC1c2ccccc2SCc2c1cccc2N1CCCC1=O. The molecule has 3 heterocycles. The number of carboxylic acid groups (broad SMARTS) is 1. The summed E-state index contributed by atoms with van der Waals surface area (Å²) in [5.74, 6) is -1.51. The number of carboxylic acids is 1. The van der Waals surface area contributed by atoms with Crippen molar-refractivity contribution in [2.75, 3.05) is 16.9 Å². The summed E-state index contributed by atoms with van der Waals surface area (Å²) in [6, 6.07) is 14.3. The van der Waals surface area contributed by atoms with E-state index in [-0.39, 0.29) is 5.91 Å². The van der Waals surface area contributed by atoms with Crippen LogP contribution < -0.4 is 15.8 Å². The molecule has 3 N–H and O–H groups in total. The lowest BCUT2D eigenvalue weighted by atomic mass is 9.94. The van der Waals surface area contributed by atoms with Gasteiger partial charge in [-0.15, -0.1) is 11.8 Å². The summed E-state index contributed by atoms with van der Waals surface area (Å²) in [7, 11) is 0. The molecule has 0 spiro atoms. The normalized spacial score (nSPS) is 17.3. The number of pyridine rings is 1. The lowest BCUT2D eigenvalue weighted by Crippen LogP contribution is -2.29. The molecule has 1 atom stereocenters. The maximum absolute atomic E-state index is 12.5. The largest absolute Gasteiger partial charge is 0.502 e. The monoisotopic (exact) mass is 463 g/mol.